The Bertz CT molecular complexity index is 980. The Balaban J connectivity index is 1.52. The Labute approximate surface area is 188 Å². The van der Waals surface area contributed by atoms with E-state index in [4.69, 9.17) is 9.15 Å². The highest BCUT2D eigenvalue weighted by Gasteiger charge is 2.29. The van der Waals surface area contributed by atoms with Gasteiger partial charge in [0, 0.05) is 25.2 Å². The number of aromatic nitrogens is 1. The Hall–Kier alpha value is -3.03. The van der Waals surface area contributed by atoms with Gasteiger partial charge < -0.3 is 24.4 Å². The van der Waals surface area contributed by atoms with Gasteiger partial charge in [0.1, 0.15) is 17.2 Å². The monoisotopic (exact) mass is 443 g/mol. The van der Waals surface area contributed by atoms with Crippen molar-refractivity contribution in [1.29, 1.82) is 0 Å². The average Bonchev–Trinajstić information content (AvgIpc) is 3.28. The quantitative estimate of drug-likeness (QED) is 0.636. The van der Waals surface area contributed by atoms with E-state index >= 15 is 0 Å². The van der Waals surface area contributed by atoms with Crippen LogP contribution in [0.5, 0.6) is 0 Å². The number of nitrogens with one attached hydrogen (secondary N) is 2. The van der Waals surface area contributed by atoms with Crippen molar-refractivity contribution in [1.82, 2.24) is 15.2 Å². The van der Waals surface area contributed by atoms with Crippen LogP contribution in [0, 0.1) is 26.7 Å². The average molecular weight is 444 g/mol. The molecule has 1 fully saturated rings. The third-order valence-corrected chi connectivity index (χ3v) is 5.83. The number of aromatic amines is 1. The van der Waals surface area contributed by atoms with Crippen molar-refractivity contribution in [3.63, 3.8) is 0 Å². The zero-order valence-corrected chi connectivity index (χ0v) is 19.5. The fraction of sp³-hybridized carbons (Fsp3) is 0.542. The van der Waals surface area contributed by atoms with Crippen LogP contribution in [0.15, 0.2) is 16.5 Å². The standard InChI is InChI=1S/C24H33N3O5/c1-14(2)31-24(30)21-16(4)22(26-17(21)5)23(29)27-10-8-18(9-11-27)12-20(28)25-13-19-7-6-15(3)32-19/h6-7,14,18,26H,8-13H2,1-5H3,(H,25,28). The number of piperidine rings is 1. The first-order chi connectivity index (χ1) is 15.2. The maximum atomic E-state index is 13.1. The third-order valence-electron chi connectivity index (χ3n) is 5.83. The second-order valence-electron chi connectivity index (χ2n) is 8.81. The van der Waals surface area contributed by atoms with E-state index in [2.05, 4.69) is 10.3 Å². The van der Waals surface area contributed by atoms with Gasteiger partial charge in [-0.3, -0.25) is 9.59 Å². The molecule has 174 valence electrons. The lowest BCUT2D eigenvalue weighted by atomic mass is 9.93. The molecule has 8 nitrogen and oxygen atoms in total. The summed E-state index contributed by atoms with van der Waals surface area (Å²) in [6, 6.07) is 3.73. The molecule has 2 amide bonds. The second-order valence-corrected chi connectivity index (χ2v) is 8.81. The second kappa shape index (κ2) is 10.1. The third kappa shape index (κ3) is 5.60. The van der Waals surface area contributed by atoms with Crippen molar-refractivity contribution in [3.05, 3.63) is 46.2 Å². The first-order valence-corrected chi connectivity index (χ1v) is 11.2. The van der Waals surface area contributed by atoms with Crippen LogP contribution in [-0.4, -0.2) is 46.9 Å². The summed E-state index contributed by atoms with van der Waals surface area (Å²) in [6.07, 6.45) is 1.74. The molecule has 0 saturated carbocycles. The molecule has 2 N–H and O–H groups in total. The molecule has 3 heterocycles. The van der Waals surface area contributed by atoms with Gasteiger partial charge in [-0.15, -0.1) is 0 Å². The molecule has 32 heavy (non-hydrogen) atoms. The van der Waals surface area contributed by atoms with Crippen LogP contribution >= 0.6 is 0 Å². The van der Waals surface area contributed by atoms with Gasteiger partial charge >= 0.3 is 5.97 Å². The van der Waals surface area contributed by atoms with E-state index in [0.29, 0.717) is 48.6 Å². The molecule has 0 bridgehead atoms. The predicted octanol–water partition coefficient (Wildman–Crippen LogP) is 3.66. The molecule has 8 heteroatoms. The molecule has 0 aromatic carbocycles. The first-order valence-electron chi connectivity index (χ1n) is 11.2. The maximum absolute atomic E-state index is 13.1. The van der Waals surface area contributed by atoms with E-state index in [1.807, 2.05) is 19.1 Å². The molecule has 1 aliphatic rings. The topological polar surface area (TPSA) is 105 Å². The van der Waals surface area contributed by atoms with E-state index < -0.39 is 5.97 Å². The molecular weight excluding hydrogens is 410 g/mol. The summed E-state index contributed by atoms with van der Waals surface area (Å²) < 4.78 is 10.8. The Morgan fingerprint density at radius 2 is 1.88 bits per heavy atom. The van der Waals surface area contributed by atoms with E-state index in [0.717, 1.165) is 24.4 Å². The lowest BCUT2D eigenvalue weighted by molar-refractivity contribution is -0.122. The predicted molar refractivity (Wildman–Crippen MR) is 119 cm³/mol. The Morgan fingerprint density at radius 3 is 2.47 bits per heavy atom. The minimum atomic E-state index is -0.417. The summed E-state index contributed by atoms with van der Waals surface area (Å²) in [6.45, 7) is 10.6. The fourth-order valence-corrected chi connectivity index (χ4v) is 4.14. The maximum Gasteiger partial charge on any atom is 0.340 e. The summed E-state index contributed by atoms with van der Waals surface area (Å²) in [5.41, 5.74) is 2.12. The first kappa shape index (κ1) is 23.6. The zero-order valence-electron chi connectivity index (χ0n) is 19.5. The molecule has 2 aromatic heterocycles. The van der Waals surface area contributed by atoms with E-state index in [1.54, 1.807) is 32.6 Å². The molecule has 0 unspecified atom stereocenters. The molecule has 1 saturated heterocycles. The van der Waals surface area contributed by atoms with E-state index in [1.165, 1.54) is 0 Å². The van der Waals surface area contributed by atoms with Gasteiger partial charge in [-0.1, -0.05) is 0 Å². The van der Waals surface area contributed by atoms with Crippen LogP contribution in [0.1, 0.15) is 76.7 Å². The van der Waals surface area contributed by atoms with Crippen molar-refractivity contribution in [2.24, 2.45) is 5.92 Å². The smallest absolute Gasteiger partial charge is 0.340 e. The molecule has 1 aliphatic heterocycles. The molecule has 0 aliphatic carbocycles. The number of H-pyrrole nitrogens is 1. The Morgan fingerprint density at radius 1 is 1.19 bits per heavy atom. The van der Waals surface area contributed by atoms with Gasteiger partial charge in [-0.25, -0.2) is 4.79 Å². The summed E-state index contributed by atoms with van der Waals surface area (Å²) in [5.74, 6) is 1.26. The summed E-state index contributed by atoms with van der Waals surface area (Å²) in [5, 5.41) is 2.90. The SMILES string of the molecule is Cc1ccc(CNC(=O)CC2CCN(C(=O)c3[nH]c(C)c(C(=O)OC(C)C)c3C)CC2)o1. The van der Waals surface area contributed by atoms with Gasteiger partial charge in [0.25, 0.3) is 5.91 Å². The van der Waals surface area contributed by atoms with Crippen LogP contribution in [0.3, 0.4) is 0 Å². The number of carbonyl (C=O) groups is 3. The van der Waals surface area contributed by atoms with Crippen LogP contribution in [0.25, 0.3) is 0 Å². The van der Waals surface area contributed by atoms with E-state index in [9.17, 15) is 14.4 Å². The number of likely N-dealkylation sites (tertiary alicyclic amines) is 1. The van der Waals surface area contributed by atoms with Crippen LogP contribution in [0.2, 0.25) is 0 Å². The van der Waals surface area contributed by atoms with Crippen molar-refractivity contribution < 1.29 is 23.5 Å². The summed E-state index contributed by atoms with van der Waals surface area (Å²) in [7, 11) is 0. The van der Waals surface area contributed by atoms with Crippen molar-refractivity contribution in [2.45, 2.75) is 66.5 Å². The number of rotatable bonds is 7. The number of nitrogens with zero attached hydrogens (tertiary/aromatic N) is 1. The number of hydrogen-bond donors (Lipinski definition) is 2. The van der Waals surface area contributed by atoms with Crippen molar-refractivity contribution in [2.75, 3.05) is 13.1 Å². The van der Waals surface area contributed by atoms with Crippen LogP contribution in [-0.2, 0) is 16.1 Å². The minimum absolute atomic E-state index is 0.00651. The van der Waals surface area contributed by atoms with Gasteiger partial charge in [-0.05, 0) is 71.1 Å². The zero-order chi connectivity index (χ0) is 23.4. The van der Waals surface area contributed by atoms with Gasteiger partial charge in [0.05, 0.1) is 18.2 Å². The molecule has 3 rings (SSSR count). The number of esters is 1. The molecular formula is C24H33N3O5. The lowest BCUT2D eigenvalue weighted by Crippen LogP contribution is -2.40. The van der Waals surface area contributed by atoms with Gasteiger partial charge in [0.15, 0.2) is 0 Å². The van der Waals surface area contributed by atoms with Crippen molar-refractivity contribution in [3.8, 4) is 0 Å². The van der Waals surface area contributed by atoms with Crippen LogP contribution < -0.4 is 5.32 Å². The minimum Gasteiger partial charge on any atom is -0.465 e. The summed E-state index contributed by atoms with van der Waals surface area (Å²) >= 11 is 0. The number of hydrogen-bond acceptors (Lipinski definition) is 5. The molecule has 0 spiro atoms. The fourth-order valence-electron chi connectivity index (χ4n) is 4.14. The number of aryl methyl sites for hydroxylation is 2. The molecule has 2 aromatic rings. The van der Waals surface area contributed by atoms with E-state index in [-0.39, 0.29) is 23.8 Å². The molecule has 0 atom stereocenters. The number of ether oxygens (including phenoxy) is 1. The number of carbonyl (C=O) groups excluding carboxylic acids is 3. The highest BCUT2D eigenvalue weighted by molar-refractivity contribution is 6.00. The van der Waals surface area contributed by atoms with Gasteiger partial charge in [-0.2, -0.15) is 0 Å². The van der Waals surface area contributed by atoms with Crippen LogP contribution in [0.4, 0.5) is 0 Å². The highest BCUT2D eigenvalue weighted by atomic mass is 16.5. The number of amides is 2. The normalized spacial score (nSPS) is 14.6. The highest BCUT2D eigenvalue weighted by Crippen LogP contribution is 2.25. The lowest BCUT2D eigenvalue weighted by Gasteiger charge is -2.31. The number of furan rings is 1. The summed E-state index contributed by atoms with van der Waals surface area (Å²) in [4.78, 5) is 42.6. The molecule has 0 radical (unpaired) electrons. The largest absolute Gasteiger partial charge is 0.465 e. The van der Waals surface area contributed by atoms with Crippen molar-refractivity contribution >= 4 is 17.8 Å². The Kier molecular flexibility index (Phi) is 7.43. The van der Waals surface area contributed by atoms with Gasteiger partial charge in [0.2, 0.25) is 5.91 Å².